The van der Waals surface area contributed by atoms with Gasteiger partial charge in [0.15, 0.2) is 11.5 Å². The zero-order valence-corrected chi connectivity index (χ0v) is 16.2. The van der Waals surface area contributed by atoms with Crippen LogP contribution in [0.25, 0.3) is 0 Å². The molecule has 29 heavy (non-hydrogen) atoms. The molecule has 0 unspecified atom stereocenters. The quantitative estimate of drug-likeness (QED) is 0.648. The van der Waals surface area contributed by atoms with Gasteiger partial charge >= 0.3 is 0 Å². The molecule has 0 spiro atoms. The van der Waals surface area contributed by atoms with E-state index in [1.54, 1.807) is 27.8 Å². The van der Waals surface area contributed by atoms with Gasteiger partial charge in [-0.15, -0.1) is 0 Å². The van der Waals surface area contributed by atoms with Gasteiger partial charge in [0.1, 0.15) is 5.56 Å². The molecule has 0 bridgehead atoms. The molecule has 1 aromatic heterocycles. The lowest BCUT2D eigenvalue weighted by Gasteiger charge is -2.21. The standard InChI is InChI=1S/C23H22N2O4/c1-2-24(15-18-10-11-20-21(13-18)29-16-28-20)22(26)19-9-6-12-25(23(19)27)14-17-7-4-3-5-8-17/h3-13H,2,14-16H2,1H3. The predicted molar refractivity (Wildman–Crippen MR) is 109 cm³/mol. The van der Waals surface area contributed by atoms with E-state index in [1.807, 2.05) is 55.5 Å². The summed E-state index contributed by atoms with van der Waals surface area (Å²) in [5, 5.41) is 0. The van der Waals surface area contributed by atoms with Crippen LogP contribution in [0.1, 0.15) is 28.4 Å². The molecule has 4 rings (SSSR count). The second-order valence-electron chi connectivity index (χ2n) is 6.85. The van der Waals surface area contributed by atoms with Gasteiger partial charge in [0.25, 0.3) is 11.5 Å². The first-order valence-corrected chi connectivity index (χ1v) is 9.57. The van der Waals surface area contributed by atoms with Gasteiger partial charge in [0.05, 0.1) is 6.54 Å². The monoisotopic (exact) mass is 390 g/mol. The van der Waals surface area contributed by atoms with Crippen molar-refractivity contribution in [2.24, 2.45) is 0 Å². The highest BCUT2D eigenvalue weighted by Gasteiger charge is 2.20. The summed E-state index contributed by atoms with van der Waals surface area (Å²) in [5.74, 6) is 1.10. The molecule has 0 atom stereocenters. The minimum Gasteiger partial charge on any atom is -0.454 e. The molecule has 148 valence electrons. The first-order chi connectivity index (χ1) is 14.2. The van der Waals surface area contributed by atoms with Crippen LogP contribution < -0.4 is 15.0 Å². The molecular formula is C23H22N2O4. The third kappa shape index (κ3) is 4.01. The zero-order valence-electron chi connectivity index (χ0n) is 16.2. The van der Waals surface area contributed by atoms with E-state index in [-0.39, 0.29) is 23.8 Å². The summed E-state index contributed by atoms with van der Waals surface area (Å²) in [5.41, 5.74) is 1.81. The largest absolute Gasteiger partial charge is 0.454 e. The smallest absolute Gasteiger partial charge is 0.263 e. The van der Waals surface area contributed by atoms with Crippen LogP contribution in [0.3, 0.4) is 0 Å². The van der Waals surface area contributed by atoms with Crippen molar-refractivity contribution in [2.45, 2.75) is 20.0 Å². The molecule has 1 aliphatic heterocycles. The summed E-state index contributed by atoms with van der Waals surface area (Å²) in [7, 11) is 0. The molecule has 1 amide bonds. The maximum atomic E-state index is 13.1. The van der Waals surface area contributed by atoms with Gasteiger partial charge in [-0.3, -0.25) is 9.59 Å². The lowest BCUT2D eigenvalue weighted by atomic mass is 10.1. The maximum absolute atomic E-state index is 13.1. The molecular weight excluding hydrogens is 368 g/mol. The Kier molecular flexibility index (Phi) is 5.33. The van der Waals surface area contributed by atoms with Crippen molar-refractivity contribution in [1.82, 2.24) is 9.47 Å². The Bertz CT molecular complexity index is 1080. The number of carbonyl (C=O) groups excluding carboxylic acids is 1. The fourth-order valence-corrected chi connectivity index (χ4v) is 3.36. The van der Waals surface area contributed by atoms with Gasteiger partial charge < -0.3 is 18.9 Å². The highest BCUT2D eigenvalue weighted by atomic mass is 16.7. The molecule has 3 aromatic rings. The van der Waals surface area contributed by atoms with Crippen molar-refractivity contribution < 1.29 is 14.3 Å². The van der Waals surface area contributed by atoms with Gasteiger partial charge in [-0.2, -0.15) is 0 Å². The average molecular weight is 390 g/mol. The van der Waals surface area contributed by atoms with E-state index in [9.17, 15) is 9.59 Å². The molecule has 0 saturated carbocycles. The molecule has 2 aromatic carbocycles. The van der Waals surface area contributed by atoms with Gasteiger partial charge in [-0.25, -0.2) is 0 Å². The van der Waals surface area contributed by atoms with Crippen LogP contribution in [0.2, 0.25) is 0 Å². The Hall–Kier alpha value is -3.54. The number of carbonyl (C=O) groups is 1. The second kappa shape index (κ2) is 8.22. The number of ether oxygens (including phenoxy) is 2. The summed E-state index contributed by atoms with van der Waals surface area (Å²) in [4.78, 5) is 27.7. The Morgan fingerprint density at radius 1 is 1.00 bits per heavy atom. The van der Waals surface area contributed by atoms with Gasteiger partial charge in [-0.05, 0) is 42.3 Å². The number of hydrogen-bond acceptors (Lipinski definition) is 4. The van der Waals surface area contributed by atoms with E-state index in [4.69, 9.17) is 9.47 Å². The lowest BCUT2D eigenvalue weighted by molar-refractivity contribution is 0.0750. The second-order valence-corrected chi connectivity index (χ2v) is 6.85. The molecule has 0 saturated heterocycles. The minimum atomic E-state index is -0.287. The van der Waals surface area contributed by atoms with E-state index in [1.165, 1.54) is 0 Å². The lowest BCUT2D eigenvalue weighted by Crippen LogP contribution is -2.36. The summed E-state index contributed by atoms with van der Waals surface area (Å²) >= 11 is 0. The first kappa shape index (κ1) is 18.8. The van der Waals surface area contributed by atoms with Crippen LogP contribution in [0, 0.1) is 0 Å². The number of hydrogen-bond donors (Lipinski definition) is 0. The predicted octanol–water partition coefficient (Wildman–Crippen LogP) is 3.29. The maximum Gasteiger partial charge on any atom is 0.263 e. The van der Waals surface area contributed by atoms with Crippen molar-refractivity contribution in [3.63, 3.8) is 0 Å². The van der Waals surface area contributed by atoms with Crippen LogP contribution in [-0.2, 0) is 13.1 Å². The van der Waals surface area contributed by atoms with Crippen LogP contribution in [0.4, 0.5) is 0 Å². The Morgan fingerprint density at radius 2 is 1.79 bits per heavy atom. The van der Waals surface area contributed by atoms with E-state index in [0.29, 0.717) is 31.1 Å². The average Bonchev–Trinajstić information content (AvgIpc) is 3.22. The number of pyridine rings is 1. The third-order valence-electron chi connectivity index (χ3n) is 4.93. The van der Waals surface area contributed by atoms with Crippen LogP contribution in [0.5, 0.6) is 11.5 Å². The number of fused-ring (bicyclic) bond motifs is 1. The van der Waals surface area contributed by atoms with Gasteiger partial charge in [0.2, 0.25) is 6.79 Å². The Balaban J connectivity index is 1.56. The number of aromatic nitrogens is 1. The first-order valence-electron chi connectivity index (χ1n) is 9.57. The Labute approximate surface area is 168 Å². The minimum absolute atomic E-state index is 0.172. The summed E-state index contributed by atoms with van der Waals surface area (Å²) in [6.07, 6.45) is 1.71. The van der Waals surface area contributed by atoms with Crippen molar-refractivity contribution >= 4 is 5.91 Å². The molecule has 0 radical (unpaired) electrons. The molecule has 6 heteroatoms. The topological polar surface area (TPSA) is 60.8 Å². The van der Waals surface area contributed by atoms with Gasteiger partial charge in [0, 0.05) is 19.3 Å². The van der Waals surface area contributed by atoms with Crippen molar-refractivity contribution in [3.05, 3.63) is 93.9 Å². The van der Waals surface area contributed by atoms with Crippen molar-refractivity contribution in [1.29, 1.82) is 0 Å². The zero-order chi connectivity index (χ0) is 20.2. The number of amides is 1. The SMILES string of the molecule is CCN(Cc1ccc2c(c1)OCO2)C(=O)c1cccn(Cc2ccccc2)c1=O. The molecule has 1 aliphatic rings. The molecule has 0 fully saturated rings. The summed E-state index contributed by atoms with van der Waals surface area (Å²) in [6, 6.07) is 18.7. The van der Waals surface area contributed by atoms with Crippen LogP contribution in [-0.4, -0.2) is 28.7 Å². The fourth-order valence-electron chi connectivity index (χ4n) is 3.36. The normalized spacial score (nSPS) is 12.0. The molecule has 0 N–H and O–H groups in total. The van der Waals surface area contributed by atoms with Crippen LogP contribution in [0.15, 0.2) is 71.7 Å². The molecule has 0 aliphatic carbocycles. The van der Waals surface area contributed by atoms with E-state index < -0.39 is 0 Å². The number of benzene rings is 2. The Morgan fingerprint density at radius 3 is 2.59 bits per heavy atom. The molecule has 2 heterocycles. The van der Waals surface area contributed by atoms with Crippen molar-refractivity contribution in [3.8, 4) is 11.5 Å². The number of nitrogens with zero attached hydrogens (tertiary/aromatic N) is 2. The van der Waals surface area contributed by atoms with E-state index in [0.717, 1.165) is 11.1 Å². The highest BCUT2D eigenvalue weighted by molar-refractivity contribution is 5.93. The van der Waals surface area contributed by atoms with Crippen molar-refractivity contribution in [2.75, 3.05) is 13.3 Å². The van der Waals surface area contributed by atoms with Gasteiger partial charge in [-0.1, -0.05) is 36.4 Å². The fraction of sp³-hybridized carbons (Fsp3) is 0.217. The summed E-state index contributed by atoms with van der Waals surface area (Å²) < 4.78 is 12.3. The van der Waals surface area contributed by atoms with E-state index in [2.05, 4.69) is 0 Å². The summed E-state index contributed by atoms with van der Waals surface area (Å²) in [6.45, 7) is 3.41. The molecule has 6 nitrogen and oxygen atoms in total. The highest BCUT2D eigenvalue weighted by Crippen LogP contribution is 2.32. The van der Waals surface area contributed by atoms with Crippen LogP contribution >= 0.6 is 0 Å². The van der Waals surface area contributed by atoms with E-state index >= 15 is 0 Å². The number of rotatable bonds is 6. The third-order valence-corrected chi connectivity index (χ3v) is 4.93.